The second-order valence-corrected chi connectivity index (χ2v) is 3.24. The molecule has 2 heteroatoms. The predicted molar refractivity (Wildman–Crippen MR) is 24.7 cm³/mol. The molecule has 1 fully saturated rings. The number of hydrogen-bond acceptors (Lipinski definition) is 1. The van der Waals surface area contributed by atoms with Crippen LogP contribution >= 0.6 is 0 Å². The Morgan fingerprint density at radius 1 is 1.71 bits per heavy atom. The molecule has 0 amide bonds. The summed E-state index contributed by atoms with van der Waals surface area (Å²) in [6, 6.07) is 0. The molecule has 0 heterocycles. The molecular weight excluding hydrogens is 260 g/mol. The summed E-state index contributed by atoms with van der Waals surface area (Å²) in [5.41, 5.74) is 0. The van der Waals surface area contributed by atoms with E-state index in [0.29, 0.717) is 0 Å². The van der Waals surface area contributed by atoms with Gasteiger partial charge >= 0.3 is 54.0 Å². The summed E-state index contributed by atoms with van der Waals surface area (Å²) in [5.74, 6) is 0.847. The van der Waals surface area contributed by atoms with Gasteiger partial charge < -0.3 is 0 Å². The molecule has 0 radical (unpaired) electrons. The van der Waals surface area contributed by atoms with Gasteiger partial charge in [-0.15, -0.1) is 0 Å². The van der Waals surface area contributed by atoms with Crippen molar-refractivity contribution in [3.05, 3.63) is 0 Å². The van der Waals surface area contributed by atoms with Crippen molar-refractivity contribution in [3.63, 3.8) is 0 Å². The van der Waals surface area contributed by atoms with Crippen LogP contribution in [0.4, 0.5) is 0 Å². The van der Waals surface area contributed by atoms with Crippen molar-refractivity contribution in [2.45, 2.75) is 12.8 Å². The summed E-state index contributed by atoms with van der Waals surface area (Å²) < 4.78 is 6.32. The topological polar surface area (TPSA) is 9.23 Å². The van der Waals surface area contributed by atoms with Crippen molar-refractivity contribution in [3.8, 4) is 0 Å². The average Bonchev–Trinajstić information content (AvgIpc) is 2.44. The molecule has 0 aliphatic heterocycles. The Labute approximate surface area is 54.5 Å². The van der Waals surface area contributed by atoms with E-state index >= 15 is 0 Å². The van der Waals surface area contributed by atoms with Gasteiger partial charge in [0.25, 0.3) is 0 Å². The first kappa shape index (κ1) is 5.65. The molecule has 0 aromatic carbocycles. The SMILES string of the molecule is CO[C](=[W])C1CC1. The van der Waals surface area contributed by atoms with E-state index in [4.69, 9.17) is 4.74 Å². The molecule has 0 N–H and O–H groups in total. The Bertz CT molecular complexity index is 86.1. The van der Waals surface area contributed by atoms with Crippen molar-refractivity contribution < 1.29 is 24.1 Å². The first-order valence-electron chi connectivity index (χ1n) is 2.42. The molecule has 40 valence electrons. The van der Waals surface area contributed by atoms with Gasteiger partial charge in [-0.1, -0.05) is 0 Å². The summed E-state index contributed by atoms with van der Waals surface area (Å²) in [6.45, 7) is 0. The van der Waals surface area contributed by atoms with E-state index in [1.54, 1.807) is 7.11 Å². The van der Waals surface area contributed by atoms with Crippen LogP contribution in [-0.2, 0) is 24.1 Å². The summed E-state index contributed by atoms with van der Waals surface area (Å²) >= 11 is 1.50. The second-order valence-electron chi connectivity index (χ2n) is 1.80. The first-order valence-corrected chi connectivity index (χ1v) is 3.89. The zero-order chi connectivity index (χ0) is 5.28. The predicted octanol–water partition coefficient (Wildman–Crippen LogP) is 0.720. The zero-order valence-electron chi connectivity index (χ0n) is 4.31. The molecule has 0 atom stereocenters. The standard InChI is InChI=1S/C5H8O.W/c1-6-4-5-2-3-5;/h5H,2-3H2,1H3;. The van der Waals surface area contributed by atoms with Crippen LogP contribution in [0.15, 0.2) is 0 Å². The summed E-state index contributed by atoms with van der Waals surface area (Å²) in [4.78, 5) is 0. The van der Waals surface area contributed by atoms with E-state index in [-0.39, 0.29) is 0 Å². The minimum atomic E-state index is 0.847. The van der Waals surface area contributed by atoms with Crippen molar-refractivity contribution >= 4 is 4.08 Å². The van der Waals surface area contributed by atoms with Gasteiger partial charge in [-0.05, 0) is 0 Å². The third kappa shape index (κ3) is 1.47. The number of ether oxygens (including phenoxy) is 1. The molecule has 0 aromatic rings. The molecule has 1 saturated carbocycles. The van der Waals surface area contributed by atoms with E-state index in [1.807, 2.05) is 0 Å². The van der Waals surface area contributed by atoms with E-state index in [1.165, 1.54) is 36.3 Å². The van der Waals surface area contributed by atoms with Crippen molar-refractivity contribution in [1.82, 2.24) is 0 Å². The summed E-state index contributed by atoms with van der Waals surface area (Å²) in [5, 5.41) is 0. The van der Waals surface area contributed by atoms with Gasteiger partial charge in [0.15, 0.2) is 0 Å². The van der Waals surface area contributed by atoms with Gasteiger partial charge in [0, 0.05) is 0 Å². The van der Waals surface area contributed by atoms with E-state index in [9.17, 15) is 0 Å². The maximum atomic E-state index is 5.03. The van der Waals surface area contributed by atoms with Crippen LogP contribution in [0, 0.1) is 5.92 Å². The zero-order valence-corrected chi connectivity index (χ0v) is 7.24. The molecule has 1 aliphatic carbocycles. The van der Waals surface area contributed by atoms with Gasteiger partial charge in [-0.2, -0.15) is 0 Å². The number of methoxy groups -OCH3 is 1. The van der Waals surface area contributed by atoms with E-state index in [0.717, 1.165) is 5.92 Å². The Balaban J connectivity index is 2.24. The van der Waals surface area contributed by atoms with Crippen molar-refractivity contribution in [2.24, 2.45) is 5.92 Å². The Morgan fingerprint density at radius 2 is 2.29 bits per heavy atom. The van der Waals surface area contributed by atoms with Crippen LogP contribution < -0.4 is 0 Å². The van der Waals surface area contributed by atoms with Crippen molar-refractivity contribution in [1.29, 1.82) is 0 Å². The van der Waals surface area contributed by atoms with Gasteiger partial charge in [0.2, 0.25) is 0 Å². The molecule has 1 nitrogen and oxygen atoms in total. The van der Waals surface area contributed by atoms with Crippen LogP contribution in [0.3, 0.4) is 0 Å². The maximum absolute atomic E-state index is 5.03. The molecule has 0 spiro atoms. The fourth-order valence-electron chi connectivity index (χ4n) is 0.486. The van der Waals surface area contributed by atoms with Crippen LogP contribution in [0.1, 0.15) is 12.8 Å². The van der Waals surface area contributed by atoms with Crippen LogP contribution in [0.25, 0.3) is 0 Å². The van der Waals surface area contributed by atoms with Crippen LogP contribution in [0.5, 0.6) is 0 Å². The summed E-state index contributed by atoms with van der Waals surface area (Å²) in [6.07, 6.45) is 2.74. The third-order valence-electron chi connectivity index (χ3n) is 1.11. The quantitative estimate of drug-likeness (QED) is 0.717. The van der Waals surface area contributed by atoms with Gasteiger partial charge in [0.1, 0.15) is 0 Å². The number of hydrogen-bond donors (Lipinski definition) is 0. The Kier molecular flexibility index (Phi) is 1.77. The molecule has 0 aromatic heterocycles. The number of rotatable bonds is 2. The van der Waals surface area contributed by atoms with Gasteiger partial charge in [0.05, 0.1) is 0 Å². The van der Waals surface area contributed by atoms with E-state index < -0.39 is 0 Å². The molecule has 0 saturated heterocycles. The van der Waals surface area contributed by atoms with Crippen LogP contribution in [0.2, 0.25) is 0 Å². The normalized spacial score (nSPS) is 19.6. The average molecular weight is 268 g/mol. The molecular formula is C5H8OW. The fourth-order valence-corrected chi connectivity index (χ4v) is 1.33. The minimum absolute atomic E-state index is 0.847. The monoisotopic (exact) mass is 268 g/mol. The van der Waals surface area contributed by atoms with E-state index in [2.05, 4.69) is 0 Å². The Morgan fingerprint density at radius 3 is 2.43 bits per heavy atom. The van der Waals surface area contributed by atoms with Gasteiger partial charge in [-0.25, -0.2) is 0 Å². The van der Waals surface area contributed by atoms with Gasteiger partial charge in [-0.3, -0.25) is 0 Å². The molecule has 0 unspecified atom stereocenters. The molecule has 1 rings (SSSR count). The molecule has 0 bridgehead atoms. The second kappa shape index (κ2) is 2.19. The fraction of sp³-hybridized carbons (Fsp3) is 0.800. The Hall–Kier alpha value is 0.518. The first-order chi connectivity index (χ1) is 3.34. The van der Waals surface area contributed by atoms with Crippen molar-refractivity contribution in [2.75, 3.05) is 7.11 Å². The molecule has 7 heavy (non-hydrogen) atoms. The third-order valence-corrected chi connectivity index (χ3v) is 2.91. The molecule has 1 aliphatic rings. The summed E-state index contributed by atoms with van der Waals surface area (Å²) in [7, 11) is 1.76. The van der Waals surface area contributed by atoms with Crippen LogP contribution in [-0.4, -0.2) is 11.2 Å².